The summed E-state index contributed by atoms with van der Waals surface area (Å²) in [4.78, 5) is 9.12. The minimum atomic E-state index is -0.487. The molecule has 0 spiro atoms. The highest BCUT2D eigenvalue weighted by molar-refractivity contribution is 6.62. The number of rotatable bonds is 5. The summed E-state index contributed by atoms with van der Waals surface area (Å²) in [5.74, 6) is 0.741. The van der Waals surface area contributed by atoms with Gasteiger partial charge in [0, 0.05) is 6.20 Å². The van der Waals surface area contributed by atoms with Gasteiger partial charge in [-0.05, 0) is 64.3 Å². The van der Waals surface area contributed by atoms with E-state index in [1.807, 2.05) is 43.6 Å². The van der Waals surface area contributed by atoms with Crippen molar-refractivity contribution in [1.29, 1.82) is 0 Å². The first-order valence-corrected chi connectivity index (χ1v) is 10.8. The third-order valence-electron chi connectivity index (χ3n) is 6.60. The molecule has 5 rings (SSSR count). The fourth-order valence-electron chi connectivity index (χ4n) is 3.89. The molecule has 0 amide bonds. The number of hydrogen-bond acceptors (Lipinski definition) is 6. The van der Waals surface area contributed by atoms with Crippen molar-refractivity contribution in [3.63, 3.8) is 0 Å². The van der Waals surface area contributed by atoms with E-state index in [0.717, 1.165) is 27.9 Å². The monoisotopic (exact) mass is 421 g/mol. The van der Waals surface area contributed by atoms with Crippen LogP contribution in [0.25, 0.3) is 11.0 Å². The molecule has 162 valence electrons. The molecule has 3 aromatic rings. The van der Waals surface area contributed by atoms with E-state index in [2.05, 4.69) is 42.2 Å². The second kappa shape index (κ2) is 7.33. The van der Waals surface area contributed by atoms with Crippen molar-refractivity contribution >= 4 is 23.6 Å². The molecule has 1 atom stereocenters. The van der Waals surface area contributed by atoms with Gasteiger partial charge < -0.3 is 23.3 Å². The second-order valence-corrected chi connectivity index (χ2v) is 9.33. The van der Waals surface area contributed by atoms with E-state index >= 15 is 0 Å². The Morgan fingerprint density at radius 3 is 2.45 bits per heavy atom. The summed E-state index contributed by atoms with van der Waals surface area (Å²) in [6.45, 7) is 11.6. The van der Waals surface area contributed by atoms with E-state index in [4.69, 9.17) is 18.8 Å². The minimum absolute atomic E-state index is 0.223. The highest BCUT2D eigenvalue weighted by Crippen LogP contribution is 2.38. The van der Waals surface area contributed by atoms with Gasteiger partial charge in [0.05, 0.1) is 48.0 Å². The molecule has 0 N–H and O–H groups in total. The molecule has 7 nitrogen and oxygen atoms in total. The zero-order valence-electron chi connectivity index (χ0n) is 18.7. The molecular weight excluding hydrogens is 393 g/mol. The van der Waals surface area contributed by atoms with E-state index in [1.54, 1.807) is 6.20 Å². The molecule has 2 saturated heterocycles. The number of hydrogen-bond donors (Lipinski definition) is 0. The Morgan fingerprint density at radius 2 is 1.84 bits per heavy atom. The van der Waals surface area contributed by atoms with Crippen LogP contribution in [0.1, 0.15) is 52.5 Å². The van der Waals surface area contributed by atoms with E-state index < -0.39 is 18.3 Å². The first kappa shape index (κ1) is 20.5. The lowest BCUT2D eigenvalue weighted by Crippen LogP contribution is -2.41. The molecule has 1 aromatic carbocycles. The van der Waals surface area contributed by atoms with E-state index in [-0.39, 0.29) is 12.1 Å². The first-order chi connectivity index (χ1) is 14.7. The summed E-state index contributed by atoms with van der Waals surface area (Å²) in [5, 5.41) is 0. The number of ether oxygens (including phenoxy) is 2. The van der Waals surface area contributed by atoms with Gasteiger partial charge in [0.2, 0.25) is 0 Å². The highest BCUT2D eigenvalue weighted by Gasteiger charge is 2.52. The number of nitrogens with zero attached hydrogens (tertiary/aromatic N) is 3. The van der Waals surface area contributed by atoms with Gasteiger partial charge in [-0.1, -0.05) is 6.07 Å². The molecule has 2 aliphatic rings. The van der Waals surface area contributed by atoms with Crippen LogP contribution in [0.5, 0.6) is 5.75 Å². The third-order valence-corrected chi connectivity index (χ3v) is 6.60. The molecule has 2 fully saturated rings. The molecular formula is C23H28BN3O4. The zero-order chi connectivity index (χ0) is 21.8. The Morgan fingerprint density at radius 1 is 1.10 bits per heavy atom. The van der Waals surface area contributed by atoms with Gasteiger partial charge in [-0.2, -0.15) is 0 Å². The van der Waals surface area contributed by atoms with Crippen LogP contribution in [0.4, 0.5) is 0 Å². The van der Waals surface area contributed by atoms with Gasteiger partial charge in [0.25, 0.3) is 0 Å². The first-order valence-electron chi connectivity index (χ1n) is 10.8. The van der Waals surface area contributed by atoms with Gasteiger partial charge in [-0.15, -0.1) is 0 Å². The molecule has 0 saturated carbocycles. The number of fused-ring (bicyclic) bond motifs is 1. The quantitative estimate of drug-likeness (QED) is 0.588. The lowest BCUT2D eigenvalue weighted by molar-refractivity contribution is -0.0217. The van der Waals surface area contributed by atoms with Crippen molar-refractivity contribution in [3.8, 4) is 5.75 Å². The topological polar surface area (TPSA) is 67.6 Å². The predicted octanol–water partition coefficient (Wildman–Crippen LogP) is 3.44. The lowest BCUT2D eigenvalue weighted by atomic mass is 9.78. The Labute approximate surface area is 182 Å². The van der Waals surface area contributed by atoms with E-state index in [9.17, 15) is 0 Å². The van der Waals surface area contributed by atoms with Crippen molar-refractivity contribution in [3.05, 3.63) is 48.5 Å². The van der Waals surface area contributed by atoms with Crippen molar-refractivity contribution in [2.75, 3.05) is 13.2 Å². The summed E-state index contributed by atoms with van der Waals surface area (Å²) >= 11 is 0. The van der Waals surface area contributed by atoms with Crippen LogP contribution in [0.3, 0.4) is 0 Å². The maximum Gasteiger partial charge on any atom is 0.495 e. The van der Waals surface area contributed by atoms with Crippen LogP contribution in [0.15, 0.2) is 42.9 Å². The average molecular weight is 421 g/mol. The maximum absolute atomic E-state index is 6.46. The van der Waals surface area contributed by atoms with Crippen LogP contribution in [-0.4, -0.2) is 46.1 Å². The Balaban J connectivity index is 1.56. The van der Waals surface area contributed by atoms with Crippen molar-refractivity contribution < 1.29 is 18.8 Å². The molecule has 0 radical (unpaired) electrons. The molecule has 2 aromatic heterocycles. The largest absolute Gasteiger partial charge is 0.495 e. The Kier molecular flexibility index (Phi) is 4.84. The fourth-order valence-corrected chi connectivity index (χ4v) is 3.89. The van der Waals surface area contributed by atoms with Gasteiger partial charge in [0.15, 0.2) is 0 Å². The number of benzene rings is 1. The molecule has 31 heavy (non-hydrogen) atoms. The van der Waals surface area contributed by atoms with Crippen molar-refractivity contribution in [2.24, 2.45) is 0 Å². The predicted molar refractivity (Wildman–Crippen MR) is 119 cm³/mol. The lowest BCUT2D eigenvalue weighted by Gasteiger charge is -2.32. The molecule has 1 unspecified atom stereocenters. The highest BCUT2D eigenvalue weighted by atomic mass is 16.7. The summed E-state index contributed by atoms with van der Waals surface area (Å²) in [5.41, 5.74) is 2.73. The summed E-state index contributed by atoms with van der Waals surface area (Å²) in [6, 6.07) is 10.2. The second-order valence-electron chi connectivity index (χ2n) is 9.33. The van der Waals surface area contributed by atoms with E-state index in [0.29, 0.717) is 13.2 Å². The minimum Gasteiger partial charge on any atom is -0.482 e. The summed E-state index contributed by atoms with van der Waals surface area (Å²) < 4.78 is 26.6. The van der Waals surface area contributed by atoms with Crippen LogP contribution >= 0.6 is 0 Å². The summed E-state index contributed by atoms with van der Waals surface area (Å²) in [6.07, 6.45) is 3.42. The van der Waals surface area contributed by atoms with Gasteiger partial charge in [-0.3, -0.25) is 4.98 Å². The van der Waals surface area contributed by atoms with Crippen LogP contribution in [0, 0.1) is 0 Å². The van der Waals surface area contributed by atoms with Crippen LogP contribution in [0.2, 0.25) is 0 Å². The number of imidazole rings is 1. The molecule has 4 heterocycles. The SMILES string of the molecule is CC(Oc1cc(B2OC(C)(C)C(C)(C)O2)cc2ncn(C3COC3)c12)c1ccccn1. The average Bonchev–Trinajstić information content (AvgIpc) is 3.19. The fraction of sp³-hybridized carbons (Fsp3) is 0.478. The van der Waals surface area contributed by atoms with Gasteiger partial charge in [0.1, 0.15) is 17.4 Å². The Bertz CT molecular complexity index is 1080. The van der Waals surface area contributed by atoms with Crippen molar-refractivity contribution in [2.45, 2.75) is 58.0 Å². The smallest absolute Gasteiger partial charge is 0.482 e. The van der Waals surface area contributed by atoms with Crippen LogP contribution in [-0.2, 0) is 14.0 Å². The van der Waals surface area contributed by atoms with Gasteiger partial charge in [-0.25, -0.2) is 4.98 Å². The number of pyridine rings is 1. The standard InChI is InChI=1S/C23H28BN3O4/c1-15(18-8-6-7-9-25-18)29-20-11-16(24-30-22(2,3)23(4,5)31-24)10-19-21(20)27(14-26-19)17-12-28-13-17/h6-11,14-15,17H,12-13H2,1-5H3. The molecule has 0 bridgehead atoms. The van der Waals surface area contributed by atoms with Crippen molar-refractivity contribution in [1.82, 2.24) is 14.5 Å². The number of aromatic nitrogens is 3. The van der Waals surface area contributed by atoms with E-state index in [1.165, 1.54) is 0 Å². The Hall–Kier alpha value is -2.42. The molecule has 0 aliphatic carbocycles. The summed E-state index contributed by atoms with van der Waals surface area (Å²) in [7, 11) is -0.487. The van der Waals surface area contributed by atoms with Crippen LogP contribution < -0.4 is 10.2 Å². The third kappa shape index (κ3) is 3.52. The molecule has 2 aliphatic heterocycles. The maximum atomic E-state index is 6.46. The zero-order valence-corrected chi connectivity index (χ0v) is 18.7. The van der Waals surface area contributed by atoms with Gasteiger partial charge >= 0.3 is 7.12 Å². The molecule has 8 heteroatoms. The normalized spacial score (nSPS) is 21.3.